The van der Waals surface area contributed by atoms with Crippen LogP contribution in [-0.2, 0) is 4.79 Å². The van der Waals surface area contributed by atoms with Crippen molar-refractivity contribution in [3.63, 3.8) is 0 Å². The minimum Gasteiger partial charge on any atom is -0.494 e. The van der Waals surface area contributed by atoms with E-state index in [1.165, 1.54) is 5.56 Å². The lowest BCUT2D eigenvalue weighted by Crippen LogP contribution is -2.28. The van der Waals surface area contributed by atoms with Gasteiger partial charge < -0.3 is 24.6 Å². The van der Waals surface area contributed by atoms with E-state index in [9.17, 15) is 9.90 Å². The van der Waals surface area contributed by atoms with E-state index in [-0.39, 0.29) is 12.5 Å². The molecule has 0 saturated heterocycles. The fourth-order valence-corrected chi connectivity index (χ4v) is 2.74. The van der Waals surface area contributed by atoms with E-state index in [4.69, 9.17) is 14.2 Å². The average Bonchev–Trinajstić information content (AvgIpc) is 2.70. The van der Waals surface area contributed by atoms with Gasteiger partial charge in [0.1, 0.15) is 19.0 Å². The molecule has 1 heterocycles. The third kappa shape index (κ3) is 5.62. The summed E-state index contributed by atoms with van der Waals surface area (Å²) in [6.45, 7) is 3.67. The zero-order chi connectivity index (χ0) is 19.1. The molecule has 0 spiro atoms. The lowest BCUT2D eigenvalue weighted by Gasteiger charge is -2.20. The van der Waals surface area contributed by atoms with Crippen molar-refractivity contribution < 1.29 is 24.1 Å². The lowest BCUT2D eigenvalue weighted by atomic mass is 10.1. The molecule has 0 aliphatic carbocycles. The number of aliphatic hydroxyl groups is 1. The molecule has 2 aromatic carbocycles. The molecule has 6 heteroatoms. The number of hydrogen-bond donors (Lipinski definition) is 2. The van der Waals surface area contributed by atoms with Crippen LogP contribution in [0.3, 0.4) is 0 Å². The molecule has 1 amide bonds. The second kappa shape index (κ2) is 9.28. The fourth-order valence-electron chi connectivity index (χ4n) is 2.74. The summed E-state index contributed by atoms with van der Waals surface area (Å²) in [5.74, 6) is 1.99. The van der Waals surface area contributed by atoms with Gasteiger partial charge in [-0.15, -0.1) is 0 Å². The van der Waals surface area contributed by atoms with Gasteiger partial charge in [0.05, 0.1) is 12.7 Å². The van der Waals surface area contributed by atoms with Crippen molar-refractivity contribution in [3.05, 3.63) is 53.6 Å². The monoisotopic (exact) mass is 371 g/mol. The summed E-state index contributed by atoms with van der Waals surface area (Å²) >= 11 is 0. The number of fused-ring (bicyclic) bond motifs is 1. The van der Waals surface area contributed by atoms with Gasteiger partial charge in [-0.1, -0.05) is 23.8 Å². The molecule has 1 aliphatic rings. The predicted octanol–water partition coefficient (Wildman–Crippen LogP) is 2.78. The van der Waals surface area contributed by atoms with E-state index >= 15 is 0 Å². The van der Waals surface area contributed by atoms with Crippen molar-refractivity contribution in [1.82, 2.24) is 5.32 Å². The van der Waals surface area contributed by atoms with Crippen LogP contribution in [0.5, 0.6) is 17.2 Å². The lowest BCUT2D eigenvalue weighted by molar-refractivity contribution is -0.121. The molecule has 0 radical (unpaired) electrons. The maximum Gasteiger partial charge on any atom is 0.220 e. The number of aliphatic hydroxyl groups excluding tert-OH is 1. The quantitative estimate of drug-likeness (QED) is 0.698. The van der Waals surface area contributed by atoms with Gasteiger partial charge in [-0.2, -0.15) is 0 Å². The molecule has 0 fully saturated rings. The van der Waals surface area contributed by atoms with E-state index in [2.05, 4.69) is 5.32 Å². The maximum absolute atomic E-state index is 11.9. The predicted molar refractivity (Wildman–Crippen MR) is 101 cm³/mol. The Balaban J connectivity index is 1.36. The second-order valence-corrected chi connectivity index (χ2v) is 6.49. The number of aryl methyl sites for hydroxylation is 1. The van der Waals surface area contributed by atoms with Gasteiger partial charge in [0, 0.05) is 13.0 Å². The number of hydrogen-bond acceptors (Lipinski definition) is 5. The normalized spacial score (nSPS) is 13.7. The van der Waals surface area contributed by atoms with Crippen LogP contribution in [0.2, 0.25) is 0 Å². The van der Waals surface area contributed by atoms with E-state index in [0.717, 1.165) is 5.75 Å². The van der Waals surface area contributed by atoms with Gasteiger partial charge >= 0.3 is 0 Å². The average molecular weight is 371 g/mol. The number of carbonyl (C=O) groups is 1. The number of carbonyl (C=O) groups excluding carboxylic acids is 1. The first-order valence-corrected chi connectivity index (χ1v) is 9.15. The molecule has 3 rings (SSSR count). The first kappa shape index (κ1) is 19.0. The number of amides is 1. The van der Waals surface area contributed by atoms with Crippen LogP contribution in [-0.4, -0.2) is 37.4 Å². The highest BCUT2D eigenvalue weighted by atomic mass is 16.6. The molecular weight excluding hydrogens is 346 g/mol. The molecule has 1 atom stereocenters. The fraction of sp³-hybridized carbons (Fsp3) is 0.381. The molecular formula is C21H25NO5. The topological polar surface area (TPSA) is 77.0 Å². The van der Waals surface area contributed by atoms with Crippen LogP contribution in [0.1, 0.15) is 30.1 Å². The molecule has 0 saturated carbocycles. The van der Waals surface area contributed by atoms with Gasteiger partial charge in [0.2, 0.25) is 5.91 Å². The smallest absolute Gasteiger partial charge is 0.220 e. The first-order valence-electron chi connectivity index (χ1n) is 9.15. The summed E-state index contributed by atoms with van der Waals surface area (Å²) in [6, 6.07) is 13.1. The van der Waals surface area contributed by atoms with Crippen molar-refractivity contribution in [3.8, 4) is 17.2 Å². The Morgan fingerprint density at radius 3 is 2.67 bits per heavy atom. The van der Waals surface area contributed by atoms with Crippen LogP contribution in [0.25, 0.3) is 0 Å². The molecule has 0 aromatic heterocycles. The van der Waals surface area contributed by atoms with E-state index in [0.29, 0.717) is 49.7 Å². The summed E-state index contributed by atoms with van der Waals surface area (Å²) in [5, 5.41) is 13.0. The minimum atomic E-state index is -0.798. The molecule has 1 unspecified atom stereocenters. The standard InChI is InChI=1S/C21H25NO5/c1-15-4-7-17(8-5-15)25-10-2-3-21(24)22-14-18(23)16-6-9-19-20(13-16)27-12-11-26-19/h4-9,13,18,23H,2-3,10-12,14H2,1H3,(H,22,24). The molecule has 2 N–H and O–H groups in total. The minimum absolute atomic E-state index is 0.112. The van der Waals surface area contributed by atoms with Crippen LogP contribution in [0.4, 0.5) is 0 Å². The first-order chi connectivity index (χ1) is 13.1. The Morgan fingerprint density at radius 2 is 1.89 bits per heavy atom. The second-order valence-electron chi connectivity index (χ2n) is 6.49. The van der Waals surface area contributed by atoms with E-state index in [1.807, 2.05) is 31.2 Å². The van der Waals surface area contributed by atoms with Gasteiger partial charge in [-0.3, -0.25) is 4.79 Å². The highest BCUT2D eigenvalue weighted by Gasteiger charge is 2.16. The number of ether oxygens (including phenoxy) is 3. The molecule has 0 bridgehead atoms. The Kier molecular flexibility index (Phi) is 6.54. The summed E-state index contributed by atoms with van der Waals surface area (Å²) < 4.78 is 16.6. The summed E-state index contributed by atoms with van der Waals surface area (Å²) in [5.41, 5.74) is 1.86. The van der Waals surface area contributed by atoms with Crippen LogP contribution >= 0.6 is 0 Å². The van der Waals surface area contributed by atoms with Crippen molar-refractivity contribution in [2.45, 2.75) is 25.9 Å². The Hall–Kier alpha value is -2.73. The number of rotatable bonds is 8. The molecule has 27 heavy (non-hydrogen) atoms. The van der Waals surface area contributed by atoms with Crippen molar-refractivity contribution in [1.29, 1.82) is 0 Å². The van der Waals surface area contributed by atoms with Crippen LogP contribution < -0.4 is 19.5 Å². The van der Waals surface area contributed by atoms with Crippen LogP contribution in [0.15, 0.2) is 42.5 Å². The van der Waals surface area contributed by atoms with Crippen molar-refractivity contribution >= 4 is 5.91 Å². The summed E-state index contributed by atoms with van der Waals surface area (Å²) in [7, 11) is 0. The third-order valence-electron chi connectivity index (χ3n) is 4.28. The van der Waals surface area contributed by atoms with Crippen molar-refractivity contribution in [2.75, 3.05) is 26.4 Å². The Bertz CT molecular complexity index is 760. The molecule has 2 aromatic rings. The zero-order valence-corrected chi connectivity index (χ0v) is 15.4. The Labute approximate surface area is 159 Å². The molecule has 144 valence electrons. The molecule has 6 nitrogen and oxygen atoms in total. The zero-order valence-electron chi connectivity index (χ0n) is 15.4. The molecule has 1 aliphatic heterocycles. The Morgan fingerprint density at radius 1 is 1.15 bits per heavy atom. The number of nitrogens with one attached hydrogen (secondary N) is 1. The largest absolute Gasteiger partial charge is 0.494 e. The van der Waals surface area contributed by atoms with Gasteiger partial charge in [-0.05, 0) is 43.2 Å². The van der Waals surface area contributed by atoms with E-state index in [1.54, 1.807) is 18.2 Å². The third-order valence-corrected chi connectivity index (χ3v) is 4.28. The van der Waals surface area contributed by atoms with Crippen molar-refractivity contribution in [2.24, 2.45) is 0 Å². The van der Waals surface area contributed by atoms with E-state index < -0.39 is 6.10 Å². The highest BCUT2D eigenvalue weighted by molar-refractivity contribution is 5.75. The maximum atomic E-state index is 11.9. The van der Waals surface area contributed by atoms with Crippen LogP contribution in [0, 0.1) is 6.92 Å². The SMILES string of the molecule is Cc1ccc(OCCCC(=O)NCC(O)c2ccc3c(c2)OCCO3)cc1. The number of benzene rings is 2. The summed E-state index contributed by atoms with van der Waals surface area (Å²) in [6.07, 6.45) is 0.160. The van der Waals surface area contributed by atoms with Gasteiger partial charge in [0.15, 0.2) is 11.5 Å². The highest BCUT2D eigenvalue weighted by Crippen LogP contribution is 2.32. The van der Waals surface area contributed by atoms with Gasteiger partial charge in [0.25, 0.3) is 0 Å². The summed E-state index contributed by atoms with van der Waals surface area (Å²) in [4.78, 5) is 11.9. The van der Waals surface area contributed by atoms with Gasteiger partial charge in [-0.25, -0.2) is 0 Å².